The molecule has 1 amide bonds. The van der Waals surface area contributed by atoms with E-state index in [4.69, 9.17) is 9.47 Å². The van der Waals surface area contributed by atoms with Gasteiger partial charge in [-0.05, 0) is 48.4 Å². The zero-order valence-corrected chi connectivity index (χ0v) is 15.6. The van der Waals surface area contributed by atoms with Gasteiger partial charge in [0.05, 0.1) is 0 Å². The lowest BCUT2D eigenvalue weighted by atomic mass is 10.0. The summed E-state index contributed by atoms with van der Waals surface area (Å²) in [4.78, 5) is 12.2. The van der Waals surface area contributed by atoms with Gasteiger partial charge < -0.3 is 14.8 Å². The van der Waals surface area contributed by atoms with Crippen LogP contribution in [0.1, 0.15) is 16.7 Å². The Balaban J connectivity index is 1.36. The number of hydrogen-bond donors (Lipinski definition) is 1. The smallest absolute Gasteiger partial charge is 0.256 e. The van der Waals surface area contributed by atoms with Gasteiger partial charge in [-0.2, -0.15) is 0 Å². The van der Waals surface area contributed by atoms with Crippen LogP contribution < -0.4 is 14.8 Å². The van der Waals surface area contributed by atoms with E-state index in [-0.39, 0.29) is 5.91 Å². The third kappa shape index (κ3) is 3.91. The number of anilines is 1. The summed E-state index contributed by atoms with van der Waals surface area (Å²) in [6.07, 6.45) is 1.90. The van der Waals surface area contributed by atoms with Crippen LogP contribution in [-0.2, 0) is 4.79 Å². The van der Waals surface area contributed by atoms with Gasteiger partial charge in [-0.3, -0.25) is 4.79 Å². The summed E-state index contributed by atoms with van der Waals surface area (Å²) in [5.41, 5.74) is 4.52. The van der Waals surface area contributed by atoms with Crippen LogP contribution in [0.2, 0.25) is 0 Å². The molecule has 0 bridgehead atoms. The summed E-state index contributed by atoms with van der Waals surface area (Å²) in [7, 11) is 0. The van der Waals surface area contributed by atoms with Crippen LogP contribution in [0.4, 0.5) is 5.69 Å². The van der Waals surface area contributed by atoms with Crippen LogP contribution in [0.3, 0.4) is 0 Å². The second-order valence-corrected chi connectivity index (χ2v) is 6.59. The largest absolute Gasteiger partial charge is 0.490 e. The first-order valence-corrected chi connectivity index (χ1v) is 9.24. The predicted octanol–water partition coefficient (Wildman–Crippen LogP) is 4.95. The molecule has 3 aromatic rings. The number of aryl methyl sites for hydroxylation is 1. The molecule has 4 nitrogen and oxygen atoms in total. The fourth-order valence-electron chi connectivity index (χ4n) is 3.14. The SMILES string of the molecule is Cc1ccccc1OCCOc1ccc(/C=C2/C(=O)Nc3ccccc32)cc1. The summed E-state index contributed by atoms with van der Waals surface area (Å²) in [6, 6.07) is 23.3. The van der Waals surface area contributed by atoms with Gasteiger partial charge in [0.1, 0.15) is 24.7 Å². The average Bonchev–Trinajstić information content (AvgIpc) is 3.03. The first-order chi connectivity index (χ1) is 13.7. The maximum Gasteiger partial charge on any atom is 0.256 e. The Kier molecular flexibility index (Phi) is 5.11. The van der Waals surface area contributed by atoms with Gasteiger partial charge in [0.25, 0.3) is 5.91 Å². The molecule has 0 unspecified atom stereocenters. The quantitative estimate of drug-likeness (QED) is 0.493. The van der Waals surface area contributed by atoms with Crippen molar-refractivity contribution in [2.45, 2.75) is 6.92 Å². The zero-order valence-electron chi connectivity index (χ0n) is 15.6. The lowest BCUT2D eigenvalue weighted by molar-refractivity contribution is -0.110. The van der Waals surface area contributed by atoms with Crippen molar-refractivity contribution in [1.82, 2.24) is 0 Å². The number of benzene rings is 3. The van der Waals surface area contributed by atoms with Gasteiger partial charge >= 0.3 is 0 Å². The third-order valence-electron chi connectivity index (χ3n) is 4.60. The van der Waals surface area contributed by atoms with E-state index >= 15 is 0 Å². The highest BCUT2D eigenvalue weighted by atomic mass is 16.5. The molecule has 1 aliphatic rings. The van der Waals surface area contributed by atoms with Crippen molar-refractivity contribution >= 4 is 23.2 Å². The van der Waals surface area contributed by atoms with Crippen LogP contribution in [-0.4, -0.2) is 19.1 Å². The second kappa shape index (κ2) is 8.01. The third-order valence-corrected chi connectivity index (χ3v) is 4.60. The standard InChI is InChI=1S/C24H21NO3/c1-17-6-2-5-9-23(17)28-15-14-27-19-12-10-18(11-13-19)16-21-20-7-3-4-8-22(20)25-24(21)26/h2-13,16H,14-15H2,1H3,(H,25,26)/b21-16+. The minimum absolute atomic E-state index is 0.0742. The molecular weight excluding hydrogens is 350 g/mol. The number of carbonyl (C=O) groups is 1. The minimum atomic E-state index is -0.0742. The van der Waals surface area contributed by atoms with Gasteiger partial charge in [0, 0.05) is 16.8 Å². The summed E-state index contributed by atoms with van der Waals surface area (Å²) in [6.45, 7) is 2.96. The zero-order chi connectivity index (χ0) is 19.3. The second-order valence-electron chi connectivity index (χ2n) is 6.59. The maximum atomic E-state index is 12.2. The summed E-state index contributed by atoms with van der Waals surface area (Å²) in [5.74, 6) is 1.57. The molecule has 4 heteroatoms. The van der Waals surface area contributed by atoms with Crippen LogP contribution >= 0.6 is 0 Å². The molecule has 0 saturated heterocycles. The van der Waals surface area contributed by atoms with Crippen molar-refractivity contribution in [2.24, 2.45) is 0 Å². The maximum absolute atomic E-state index is 12.2. The van der Waals surface area contributed by atoms with Crippen LogP contribution in [0.15, 0.2) is 72.8 Å². The van der Waals surface area contributed by atoms with E-state index in [0.29, 0.717) is 18.8 Å². The molecule has 4 rings (SSSR count). The fraction of sp³-hybridized carbons (Fsp3) is 0.125. The Bertz CT molecular complexity index is 1020. The van der Waals surface area contributed by atoms with Crippen molar-refractivity contribution in [3.05, 3.63) is 89.5 Å². The van der Waals surface area contributed by atoms with Crippen LogP contribution in [0.5, 0.6) is 11.5 Å². The van der Waals surface area contributed by atoms with Gasteiger partial charge in [0.15, 0.2) is 0 Å². The number of ether oxygens (including phenoxy) is 2. The average molecular weight is 371 g/mol. The van der Waals surface area contributed by atoms with Gasteiger partial charge in [-0.15, -0.1) is 0 Å². The summed E-state index contributed by atoms with van der Waals surface area (Å²) >= 11 is 0. The van der Waals surface area contributed by atoms with Crippen LogP contribution in [0, 0.1) is 6.92 Å². The van der Waals surface area contributed by atoms with Crippen molar-refractivity contribution in [1.29, 1.82) is 0 Å². The monoisotopic (exact) mass is 371 g/mol. The van der Waals surface area contributed by atoms with E-state index in [1.165, 1.54) is 0 Å². The van der Waals surface area contributed by atoms with E-state index in [9.17, 15) is 4.79 Å². The van der Waals surface area contributed by atoms with Crippen molar-refractivity contribution in [3.63, 3.8) is 0 Å². The van der Waals surface area contributed by atoms with Gasteiger partial charge in [-0.25, -0.2) is 0 Å². The van der Waals surface area contributed by atoms with E-state index in [0.717, 1.165) is 33.9 Å². The summed E-state index contributed by atoms with van der Waals surface area (Å²) < 4.78 is 11.5. The highest BCUT2D eigenvalue weighted by molar-refractivity contribution is 6.34. The van der Waals surface area contributed by atoms with Gasteiger partial charge in [0.2, 0.25) is 0 Å². The number of hydrogen-bond acceptors (Lipinski definition) is 3. The number of para-hydroxylation sites is 2. The van der Waals surface area contributed by atoms with E-state index in [2.05, 4.69) is 5.32 Å². The molecule has 1 aliphatic heterocycles. The van der Waals surface area contributed by atoms with Gasteiger partial charge in [-0.1, -0.05) is 48.5 Å². The van der Waals surface area contributed by atoms with Crippen LogP contribution in [0.25, 0.3) is 11.6 Å². The molecule has 1 heterocycles. The highest BCUT2D eigenvalue weighted by Crippen LogP contribution is 2.32. The Hall–Kier alpha value is -3.53. The molecule has 1 N–H and O–H groups in total. The summed E-state index contributed by atoms with van der Waals surface area (Å²) in [5, 5.41) is 2.89. The Morgan fingerprint density at radius 2 is 1.57 bits per heavy atom. The molecule has 0 aliphatic carbocycles. The minimum Gasteiger partial charge on any atom is -0.490 e. The Morgan fingerprint density at radius 1 is 0.857 bits per heavy atom. The molecule has 0 radical (unpaired) electrons. The van der Waals surface area contributed by atoms with E-state index in [1.807, 2.05) is 85.8 Å². The van der Waals surface area contributed by atoms with E-state index < -0.39 is 0 Å². The molecule has 28 heavy (non-hydrogen) atoms. The highest BCUT2D eigenvalue weighted by Gasteiger charge is 2.23. The van der Waals surface area contributed by atoms with E-state index in [1.54, 1.807) is 0 Å². The molecule has 140 valence electrons. The lowest BCUT2D eigenvalue weighted by Gasteiger charge is -2.10. The molecular formula is C24H21NO3. The Labute approximate surface area is 164 Å². The Morgan fingerprint density at radius 3 is 2.39 bits per heavy atom. The molecule has 0 saturated carbocycles. The number of amides is 1. The lowest BCUT2D eigenvalue weighted by Crippen LogP contribution is -2.09. The first kappa shape index (κ1) is 17.9. The number of fused-ring (bicyclic) bond motifs is 1. The normalized spacial score (nSPS) is 13.9. The predicted molar refractivity (Wildman–Crippen MR) is 112 cm³/mol. The van der Waals surface area contributed by atoms with Crippen molar-refractivity contribution in [3.8, 4) is 11.5 Å². The fourth-order valence-corrected chi connectivity index (χ4v) is 3.14. The number of carbonyl (C=O) groups excluding carboxylic acids is 1. The topological polar surface area (TPSA) is 47.6 Å². The molecule has 0 atom stereocenters. The molecule has 3 aromatic carbocycles. The molecule has 0 spiro atoms. The number of nitrogens with one attached hydrogen (secondary N) is 1. The first-order valence-electron chi connectivity index (χ1n) is 9.24. The van der Waals surface area contributed by atoms with Crippen molar-refractivity contribution in [2.75, 3.05) is 18.5 Å². The molecule has 0 fully saturated rings. The molecule has 0 aromatic heterocycles. The van der Waals surface area contributed by atoms with Crippen molar-refractivity contribution < 1.29 is 14.3 Å². The number of rotatable bonds is 6.